The molecule has 0 spiro atoms. The summed E-state index contributed by atoms with van der Waals surface area (Å²) in [6, 6.07) is 2.67. The van der Waals surface area contributed by atoms with Crippen molar-refractivity contribution in [2.75, 3.05) is 0 Å². The average Bonchev–Trinajstić information content (AvgIpc) is 2.89. The average molecular weight is 252 g/mol. The van der Waals surface area contributed by atoms with Gasteiger partial charge in [0, 0.05) is 6.04 Å². The van der Waals surface area contributed by atoms with Gasteiger partial charge in [-0.05, 0) is 53.5 Å². The molecule has 2 nitrogen and oxygen atoms in total. The predicted octanol–water partition coefficient (Wildman–Crippen LogP) is 3.34. The minimum absolute atomic E-state index is 0.457. The fourth-order valence-electron chi connectivity index (χ4n) is 3.09. The Morgan fingerprint density at radius 3 is 3.06 bits per heavy atom. The van der Waals surface area contributed by atoms with Gasteiger partial charge in [-0.2, -0.15) is 11.3 Å². The summed E-state index contributed by atoms with van der Waals surface area (Å²) in [5, 5.41) is 4.39. The van der Waals surface area contributed by atoms with Gasteiger partial charge in [0.2, 0.25) is 0 Å². The summed E-state index contributed by atoms with van der Waals surface area (Å²) in [4.78, 5) is 0. The summed E-state index contributed by atoms with van der Waals surface area (Å²) in [6.45, 7) is 2.32. The Morgan fingerprint density at radius 1 is 1.53 bits per heavy atom. The van der Waals surface area contributed by atoms with E-state index in [-0.39, 0.29) is 0 Å². The van der Waals surface area contributed by atoms with Crippen LogP contribution in [-0.4, -0.2) is 6.04 Å². The maximum absolute atomic E-state index is 5.76. The fourth-order valence-corrected chi connectivity index (χ4v) is 3.77. The smallest absolute Gasteiger partial charge is 0.0279 e. The molecule has 1 fully saturated rings. The third kappa shape index (κ3) is 3.54. The molecule has 3 atom stereocenters. The van der Waals surface area contributed by atoms with E-state index in [9.17, 15) is 0 Å². The molecule has 0 bridgehead atoms. The Balaban J connectivity index is 1.93. The zero-order valence-electron chi connectivity index (χ0n) is 10.7. The lowest BCUT2D eigenvalue weighted by molar-refractivity contribution is 0.208. The number of hydrogen-bond acceptors (Lipinski definition) is 3. The van der Waals surface area contributed by atoms with Gasteiger partial charge >= 0.3 is 0 Å². The first-order valence-corrected chi connectivity index (χ1v) is 7.75. The number of rotatable bonds is 5. The summed E-state index contributed by atoms with van der Waals surface area (Å²) in [7, 11) is 0. The zero-order chi connectivity index (χ0) is 12.1. The van der Waals surface area contributed by atoms with Gasteiger partial charge in [0.05, 0.1) is 0 Å². The second kappa shape index (κ2) is 6.53. The maximum Gasteiger partial charge on any atom is 0.0279 e. The fraction of sp³-hybridized carbons (Fsp3) is 0.714. The van der Waals surface area contributed by atoms with E-state index in [1.807, 2.05) is 0 Å². The van der Waals surface area contributed by atoms with E-state index in [0.717, 1.165) is 18.3 Å². The van der Waals surface area contributed by atoms with Gasteiger partial charge in [-0.25, -0.2) is 0 Å². The first-order valence-electron chi connectivity index (χ1n) is 6.80. The van der Waals surface area contributed by atoms with Gasteiger partial charge in [0.25, 0.3) is 0 Å². The first-order chi connectivity index (χ1) is 8.33. The molecule has 1 aliphatic carbocycles. The first kappa shape index (κ1) is 13.1. The second-order valence-electron chi connectivity index (χ2n) is 5.31. The number of thiophene rings is 1. The number of nitrogens with two attached hydrogens (primary N) is 1. The standard InChI is InChI=1S/C14H24N2S/c1-2-11-4-3-5-13(8-11)14(16-15)9-12-6-7-17-10-12/h6-7,10-11,13-14,16H,2-5,8-9,15H2,1H3. The van der Waals surface area contributed by atoms with Crippen LogP contribution in [0.1, 0.15) is 44.6 Å². The molecule has 0 aliphatic heterocycles. The van der Waals surface area contributed by atoms with Gasteiger partial charge in [-0.15, -0.1) is 0 Å². The van der Waals surface area contributed by atoms with Gasteiger partial charge in [-0.3, -0.25) is 11.3 Å². The highest BCUT2D eigenvalue weighted by Gasteiger charge is 2.27. The lowest BCUT2D eigenvalue weighted by atomic mass is 9.76. The molecule has 3 N–H and O–H groups in total. The Hall–Kier alpha value is -0.380. The van der Waals surface area contributed by atoms with E-state index in [1.54, 1.807) is 11.3 Å². The summed E-state index contributed by atoms with van der Waals surface area (Å²) in [6.07, 6.45) is 7.91. The number of hydrazine groups is 1. The topological polar surface area (TPSA) is 38.0 Å². The molecule has 1 aliphatic rings. The molecule has 3 unspecified atom stereocenters. The van der Waals surface area contributed by atoms with Gasteiger partial charge < -0.3 is 0 Å². The quantitative estimate of drug-likeness (QED) is 0.623. The van der Waals surface area contributed by atoms with Crippen LogP contribution in [-0.2, 0) is 6.42 Å². The largest absolute Gasteiger partial charge is 0.271 e. The van der Waals surface area contributed by atoms with Crippen molar-refractivity contribution in [1.82, 2.24) is 5.43 Å². The van der Waals surface area contributed by atoms with Crippen LogP contribution in [0.3, 0.4) is 0 Å². The van der Waals surface area contributed by atoms with E-state index in [1.165, 1.54) is 37.7 Å². The summed E-state index contributed by atoms with van der Waals surface area (Å²) in [5.74, 6) is 7.45. The normalized spacial score (nSPS) is 26.9. The Labute approximate surface area is 109 Å². The molecular formula is C14H24N2S. The second-order valence-corrected chi connectivity index (χ2v) is 6.09. The van der Waals surface area contributed by atoms with Crippen LogP contribution in [0.15, 0.2) is 16.8 Å². The SMILES string of the molecule is CCC1CCCC(C(Cc2ccsc2)NN)C1. The minimum atomic E-state index is 0.457. The highest BCUT2D eigenvalue weighted by atomic mass is 32.1. The molecule has 0 aromatic carbocycles. The zero-order valence-corrected chi connectivity index (χ0v) is 11.5. The molecule has 2 rings (SSSR count). The Bertz CT molecular complexity index is 310. The van der Waals surface area contributed by atoms with Crippen molar-refractivity contribution >= 4 is 11.3 Å². The third-order valence-electron chi connectivity index (χ3n) is 4.22. The van der Waals surface area contributed by atoms with E-state index in [2.05, 4.69) is 29.2 Å². The molecular weight excluding hydrogens is 228 g/mol. The van der Waals surface area contributed by atoms with Gasteiger partial charge in [0.15, 0.2) is 0 Å². The molecule has 1 aromatic heterocycles. The predicted molar refractivity (Wildman–Crippen MR) is 74.9 cm³/mol. The Kier molecular flexibility index (Phi) is 5.01. The maximum atomic E-state index is 5.76. The van der Waals surface area contributed by atoms with Gasteiger partial charge in [0.1, 0.15) is 0 Å². The molecule has 96 valence electrons. The van der Waals surface area contributed by atoms with Crippen molar-refractivity contribution in [2.24, 2.45) is 17.7 Å². The van der Waals surface area contributed by atoms with Crippen molar-refractivity contribution in [3.8, 4) is 0 Å². The van der Waals surface area contributed by atoms with E-state index in [0.29, 0.717) is 6.04 Å². The number of hydrogen-bond donors (Lipinski definition) is 2. The van der Waals surface area contributed by atoms with Crippen molar-refractivity contribution in [3.05, 3.63) is 22.4 Å². The third-order valence-corrected chi connectivity index (χ3v) is 4.95. The number of nitrogens with one attached hydrogen (secondary N) is 1. The van der Waals surface area contributed by atoms with Crippen LogP contribution >= 0.6 is 11.3 Å². The van der Waals surface area contributed by atoms with Crippen LogP contribution in [0.4, 0.5) is 0 Å². The van der Waals surface area contributed by atoms with Crippen LogP contribution < -0.4 is 11.3 Å². The molecule has 1 saturated carbocycles. The monoisotopic (exact) mass is 252 g/mol. The van der Waals surface area contributed by atoms with Crippen molar-refractivity contribution in [2.45, 2.75) is 51.5 Å². The molecule has 17 heavy (non-hydrogen) atoms. The van der Waals surface area contributed by atoms with Crippen molar-refractivity contribution in [1.29, 1.82) is 0 Å². The molecule has 0 radical (unpaired) electrons. The molecule has 0 saturated heterocycles. The highest BCUT2D eigenvalue weighted by molar-refractivity contribution is 7.07. The van der Waals surface area contributed by atoms with E-state index >= 15 is 0 Å². The van der Waals surface area contributed by atoms with Crippen molar-refractivity contribution in [3.63, 3.8) is 0 Å². The minimum Gasteiger partial charge on any atom is -0.271 e. The lowest BCUT2D eigenvalue weighted by Crippen LogP contribution is -2.44. The van der Waals surface area contributed by atoms with Crippen LogP contribution in [0.2, 0.25) is 0 Å². The van der Waals surface area contributed by atoms with Gasteiger partial charge in [-0.1, -0.05) is 26.2 Å². The summed E-state index contributed by atoms with van der Waals surface area (Å²) >= 11 is 1.78. The van der Waals surface area contributed by atoms with Crippen LogP contribution in [0, 0.1) is 11.8 Å². The molecule has 3 heteroatoms. The summed E-state index contributed by atoms with van der Waals surface area (Å²) in [5.41, 5.74) is 4.49. The summed E-state index contributed by atoms with van der Waals surface area (Å²) < 4.78 is 0. The molecule has 1 aromatic rings. The highest BCUT2D eigenvalue weighted by Crippen LogP contribution is 2.33. The van der Waals surface area contributed by atoms with Crippen LogP contribution in [0.5, 0.6) is 0 Å². The van der Waals surface area contributed by atoms with E-state index in [4.69, 9.17) is 5.84 Å². The van der Waals surface area contributed by atoms with E-state index < -0.39 is 0 Å². The molecule has 0 amide bonds. The van der Waals surface area contributed by atoms with Crippen LogP contribution in [0.25, 0.3) is 0 Å². The Morgan fingerprint density at radius 2 is 2.41 bits per heavy atom. The van der Waals surface area contributed by atoms with Crippen molar-refractivity contribution < 1.29 is 0 Å². The lowest BCUT2D eigenvalue weighted by Gasteiger charge is -2.34. The molecule has 1 heterocycles.